The molecule has 2 N–H and O–H groups in total. The Morgan fingerprint density at radius 2 is 2.06 bits per heavy atom. The molecule has 7 nitrogen and oxygen atoms in total. The van der Waals surface area contributed by atoms with Crippen molar-refractivity contribution in [1.82, 2.24) is 10.2 Å². The molecule has 31 heavy (non-hydrogen) atoms. The van der Waals surface area contributed by atoms with E-state index >= 15 is 0 Å². The summed E-state index contributed by atoms with van der Waals surface area (Å²) >= 11 is 1.27. The van der Waals surface area contributed by atoms with Crippen molar-refractivity contribution in [1.29, 1.82) is 0 Å². The summed E-state index contributed by atoms with van der Waals surface area (Å²) in [6.07, 6.45) is 1.46. The Morgan fingerprint density at radius 3 is 2.90 bits per heavy atom. The summed E-state index contributed by atoms with van der Waals surface area (Å²) in [7, 11) is 1.61. The second-order valence-electron chi connectivity index (χ2n) is 7.68. The molecular formula is C23H25N3O4S. The van der Waals surface area contributed by atoms with E-state index in [0.29, 0.717) is 19.6 Å². The number of ether oxygens (including phenoxy) is 1. The Hall–Kier alpha value is -3.00. The summed E-state index contributed by atoms with van der Waals surface area (Å²) in [5.74, 6) is -0.162. The van der Waals surface area contributed by atoms with E-state index in [1.54, 1.807) is 12.0 Å². The van der Waals surface area contributed by atoms with Crippen molar-refractivity contribution in [2.24, 2.45) is 5.92 Å². The summed E-state index contributed by atoms with van der Waals surface area (Å²) < 4.78 is 5.22. The van der Waals surface area contributed by atoms with Gasteiger partial charge in [0, 0.05) is 24.5 Å². The predicted molar refractivity (Wildman–Crippen MR) is 119 cm³/mol. The molecule has 0 saturated carbocycles. The molecule has 0 unspecified atom stereocenters. The van der Waals surface area contributed by atoms with E-state index in [1.807, 2.05) is 48.5 Å². The zero-order valence-electron chi connectivity index (χ0n) is 17.3. The second kappa shape index (κ2) is 9.43. The topological polar surface area (TPSA) is 87.7 Å². The molecule has 2 aliphatic rings. The first-order valence-corrected chi connectivity index (χ1v) is 11.2. The molecule has 2 atom stereocenters. The van der Waals surface area contributed by atoms with E-state index in [9.17, 15) is 14.4 Å². The average Bonchev–Trinajstić information content (AvgIpc) is 2.81. The number of hydrogen-bond acceptors (Lipinski definition) is 5. The third kappa shape index (κ3) is 4.85. The number of piperidine rings is 1. The minimum Gasteiger partial charge on any atom is -0.497 e. The summed E-state index contributed by atoms with van der Waals surface area (Å²) in [5.41, 5.74) is 1.68. The van der Waals surface area contributed by atoms with Gasteiger partial charge in [-0.3, -0.25) is 14.4 Å². The fraction of sp³-hybridized carbons (Fsp3) is 0.348. The molecule has 2 aromatic rings. The van der Waals surface area contributed by atoms with E-state index in [0.717, 1.165) is 34.7 Å². The zero-order chi connectivity index (χ0) is 21.8. The van der Waals surface area contributed by atoms with Crippen molar-refractivity contribution in [3.8, 4) is 5.75 Å². The van der Waals surface area contributed by atoms with E-state index in [1.165, 1.54) is 11.8 Å². The molecule has 8 heteroatoms. The van der Waals surface area contributed by atoms with Gasteiger partial charge in [-0.05, 0) is 42.7 Å². The Balaban J connectivity index is 1.36. The molecule has 0 aromatic heterocycles. The lowest BCUT2D eigenvalue weighted by molar-refractivity contribution is -0.137. The van der Waals surface area contributed by atoms with Crippen LogP contribution in [0.4, 0.5) is 5.69 Å². The first kappa shape index (κ1) is 21.2. The van der Waals surface area contributed by atoms with Crippen LogP contribution in [0.2, 0.25) is 0 Å². The average molecular weight is 440 g/mol. The van der Waals surface area contributed by atoms with Gasteiger partial charge >= 0.3 is 0 Å². The van der Waals surface area contributed by atoms with Crippen molar-refractivity contribution >= 4 is 35.2 Å². The van der Waals surface area contributed by atoms with Crippen LogP contribution in [-0.2, 0) is 20.9 Å². The maximum Gasteiger partial charge on any atom is 0.247 e. The predicted octanol–water partition coefficient (Wildman–Crippen LogP) is 2.66. The third-order valence-electron chi connectivity index (χ3n) is 5.56. The maximum atomic E-state index is 13.1. The first-order chi connectivity index (χ1) is 15.0. The van der Waals surface area contributed by atoms with Crippen LogP contribution < -0.4 is 15.4 Å². The number of amides is 3. The molecule has 1 saturated heterocycles. The molecule has 2 aliphatic heterocycles. The highest BCUT2D eigenvalue weighted by Crippen LogP contribution is 2.36. The van der Waals surface area contributed by atoms with Gasteiger partial charge in [-0.2, -0.15) is 0 Å². The lowest BCUT2D eigenvalue weighted by Crippen LogP contribution is -2.50. The fourth-order valence-electron chi connectivity index (χ4n) is 3.89. The number of carbonyl (C=O) groups excluding carboxylic acids is 3. The highest BCUT2D eigenvalue weighted by molar-refractivity contribution is 8.01. The smallest absolute Gasteiger partial charge is 0.247 e. The number of nitrogens with zero attached hydrogens (tertiary/aromatic N) is 1. The molecular weight excluding hydrogens is 414 g/mol. The number of nitrogens with one attached hydrogen (secondary N) is 2. The number of benzene rings is 2. The van der Waals surface area contributed by atoms with Crippen LogP contribution in [0, 0.1) is 5.92 Å². The summed E-state index contributed by atoms with van der Waals surface area (Å²) in [6.45, 7) is 1.29. The summed E-state index contributed by atoms with van der Waals surface area (Å²) in [6, 6.07) is 15.0. The summed E-state index contributed by atoms with van der Waals surface area (Å²) in [5, 5.41) is 4.95. The number of hydrogen-bond donors (Lipinski definition) is 2. The molecule has 2 heterocycles. The van der Waals surface area contributed by atoms with Gasteiger partial charge in [0.2, 0.25) is 17.7 Å². The van der Waals surface area contributed by atoms with Gasteiger partial charge in [0.15, 0.2) is 5.25 Å². The number of rotatable bonds is 5. The molecule has 0 radical (unpaired) electrons. The molecule has 2 aromatic carbocycles. The molecule has 0 bridgehead atoms. The standard InChI is InChI=1S/C23H25N3O4S/c1-30-17-8-4-6-15(12-17)13-24-21(27)16-7-5-11-26(14-16)23(29)20-22(28)25-18-9-2-3-10-19(18)31-20/h2-4,6,8-10,12,16,20H,5,7,11,13-14H2,1H3,(H,24,27)(H,25,28)/t16-,20+/m0/s1. The zero-order valence-corrected chi connectivity index (χ0v) is 18.1. The van der Waals surface area contributed by atoms with Crippen molar-refractivity contribution in [3.05, 3.63) is 54.1 Å². The van der Waals surface area contributed by atoms with Crippen LogP contribution in [0.25, 0.3) is 0 Å². The Morgan fingerprint density at radius 1 is 1.23 bits per heavy atom. The quantitative estimate of drug-likeness (QED) is 0.700. The van der Waals surface area contributed by atoms with Crippen molar-refractivity contribution < 1.29 is 19.1 Å². The van der Waals surface area contributed by atoms with Crippen LogP contribution >= 0.6 is 11.8 Å². The highest BCUT2D eigenvalue weighted by atomic mass is 32.2. The summed E-state index contributed by atoms with van der Waals surface area (Å²) in [4.78, 5) is 40.9. The number of para-hydroxylation sites is 1. The molecule has 1 fully saturated rings. The molecule has 3 amide bonds. The minimum absolute atomic E-state index is 0.0774. The molecule has 162 valence electrons. The number of carbonyl (C=O) groups is 3. The Labute approximate surface area is 185 Å². The third-order valence-corrected chi connectivity index (χ3v) is 6.82. The van der Waals surface area contributed by atoms with Crippen LogP contribution in [0.15, 0.2) is 53.4 Å². The van der Waals surface area contributed by atoms with Gasteiger partial charge in [0.05, 0.1) is 18.7 Å². The number of thioether (sulfide) groups is 1. The van der Waals surface area contributed by atoms with E-state index < -0.39 is 5.25 Å². The number of fused-ring (bicyclic) bond motifs is 1. The van der Waals surface area contributed by atoms with E-state index in [-0.39, 0.29) is 23.6 Å². The van der Waals surface area contributed by atoms with Crippen LogP contribution in [-0.4, -0.2) is 48.1 Å². The van der Waals surface area contributed by atoms with E-state index in [4.69, 9.17) is 4.74 Å². The minimum atomic E-state index is -0.825. The van der Waals surface area contributed by atoms with Gasteiger partial charge in [0.25, 0.3) is 0 Å². The van der Waals surface area contributed by atoms with Gasteiger partial charge < -0.3 is 20.3 Å². The first-order valence-electron chi connectivity index (χ1n) is 10.3. The van der Waals surface area contributed by atoms with Gasteiger partial charge in [-0.1, -0.05) is 24.3 Å². The normalized spacial score (nSPS) is 20.4. The van der Waals surface area contributed by atoms with Crippen molar-refractivity contribution in [2.45, 2.75) is 29.5 Å². The van der Waals surface area contributed by atoms with Crippen LogP contribution in [0.5, 0.6) is 5.75 Å². The van der Waals surface area contributed by atoms with Crippen LogP contribution in [0.1, 0.15) is 18.4 Å². The number of methoxy groups -OCH3 is 1. The maximum absolute atomic E-state index is 13.1. The monoisotopic (exact) mass is 439 g/mol. The fourth-order valence-corrected chi connectivity index (χ4v) is 4.96. The Bertz CT molecular complexity index is 996. The highest BCUT2D eigenvalue weighted by Gasteiger charge is 2.38. The van der Waals surface area contributed by atoms with E-state index in [2.05, 4.69) is 10.6 Å². The van der Waals surface area contributed by atoms with Crippen molar-refractivity contribution in [3.63, 3.8) is 0 Å². The molecule has 4 rings (SSSR count). The molecule has 0 spiro atoms. The lowest BCUT2D eigenvalue weighted by Gasteiger charge is -2.35. The number of anilines is 1. The largest absolute Gasteiger partial charge is 0.497 e. The van der Waals surface area contributed by atoms with Gasteiger partial charge in [-0.15, -0.1) is 11.8 Å². The molecule has 0 aliphatic carbocycles. The van der Waals surface area contributed by atoms with Crippen LogP contribution in [0.3, 0.4) is 0 Å². The Kier molecular flexibility index (Phi) is 6.46. The van der Waals surface area contributed by atoms with Gasteiger partial charge in [-0.25, -0.2) is 0 Å². The lowest BCUT2D eigenvalue weighted by atomic mass is 9.96. The number of likely N-dealkylation sites (tertiary alicyclic amines) is 1. The second-order valence-corrected chi connectivity index (χ2v) is 8.82. The van der Waals surface area contributed by atoms with Gasteiger partial charge in [0.1, 0.15) is 5.75 Å². The SMILES string of the molecule is COc1cccc(CNC(=O)[C@H]2CCCN(C(=O)[C@@H]3Sc4ccccc4NC3=O)C2)c1. The van der Waals surface area contributed by atoms with Crippen molar-refractivity contribution in [2.75, 3.05) is 25.5 Å².